The zero-order valence-corrected chi connectivity index (χ0v) is 14.7. The summed E-state index contributed by atoms with van der Waals surface area (Å²) in [5.41, 5.74) is 4.71. The number of nitriles is 1. The average Bonchev–Trinajstić information content (AvgIpc) is 2.67. The Bertz CT molecular complexity index is 1010. The van der Waals surface area contributed by atoms with Crippen LogP contribution in [0.3, 0.4) is 0 Å². The Morgan fingerprint density at radius 2 is 1.93 bits per heavy atom. The number of nitrogens with zero attached hydrogens (tertiary/aromatic N) is 2. The minimum absolute atomic E-state index is 0.204. The summed E-state index contributed by atoms with van der Waals surface area (Å²) >= 11 is 0. The molecule has 3 N–H and O–H groups in total. The van der Waals surface area contributed by atoms with E-state index in [0.717, 1.165) is 28.1 Å². The Morgan fingerprint density at radius 3 is 2.63 bits per heavy atom. The zero-order valence-electron chi connectivity index (χ0n) is 14.7. The average molecular weight is 358 g/mol. The van der Waals surface area contributed by atoms with E-state index in [1.165, 1.54) is 0 Å². The maximum atomic E-state index is 10.6. The first-order valence-electron chi connectivity index (χ1n) is 8.37. The number of carbonyl (C=O) groups is 1. The lowest BCUT2D eigenvalue weighted by molar-refractivity contribution is 0.194. The van der Waals surface area contributed by atoms with Crippen LogP contribution in [-0.2, 0) is 6.54 Å². The summed E-state index contributed by atoms with van der Waals surface area (Å²) in [4.78, 5) is 15.2. The molecule has 2 aromatic carbocycles. The lowest BCUT2D eigenvalue weighted by atomic mass is 10.0. The molecule has 134 valence electrons. The van der Waals surface area contributed by atoms with Gasteiger partial charge in [0.25, 0.3) is 0 Å². The number of aryl methyl sites for hydroxylation is 1. The second kappa shape index (κ2) is 8.02. The van der Waals surface area contributed by atoms with Crippen LogP contribution in [0.1, 0.15) is 16.8 Å². The molecule has 3 aromatic rings. The van der Waals surface area contributed by atoms with Crippen LogP contribution in [-0.4, -0.2) is 16.2 Å². The smallest absolute Gasteiger partial charge is 0.404 e. The summed E-state index contributed by atoms with van der Waals surface area (Å²) < 4.78 is 0. The van der Waals surface area contributed by atoms with E-state index in [0.29, 0.717) is 11.4 Å². The van der Waals surface area contributed by atoms with Crippen LogP contribution in [0.5, 0.6) is 0 Å². The van der Waals surface area contributed by atoms with E-state index in [2.05, 4.69) is 21.7 Å². The number of aromatic nitrogens is 1. The third kappa shape index (κ3) is 4.41. The third-order valence-electron chi connectivity index (χ3n) is 4.05. The molecule has 1 amide bonds. The van der Waals surface area contributed by atoms with Crippen molar-refractivity contribution < 1.29 is 9.90 Å². The van der Waals surface area contributed by atoms with Crippen molar-refractivity contribution in [1.82, 2.24) is 10.3 Å². The van der Waals surface area contributed by atoms with Gasteiger partial charge in [-0.15, -0.1) is 0 Å². The highest BCUT2D eigenvalue weighted by Gasteiger charge is 2.11. The predicted molar refractivity (Wildman–Crippen MR) is 104 cm³/mol. The van der Waals surface area contributed by atoms with E-state index in [1.54, 1.807) is 0 Å². The predicted octanol–water partition coefficient (Wildman–Crippen LogP) is 4.44. The molecule has 0 fully saturated rings. The Kier molecular flexibility index (Phi) is 5.33. The molecule has 27 heavy (non-hydrogen) atoms. The second-order valence-electron chi connectivity index (χ2n) is 5.98. The number of nitrogens with one attached hydrogen (secondary N) is 2. The standard InChI is InChI=1S/C21H18N4O2/c1-14-19(16-7-3-2-4-8-16)11-17(12-22)20(24-14)25-18-9-5-6-15(10-18)13-23-21(26)27/h2-11,23H,13H2,1H3,(H,24,25)(H,26,27). The topological polar surface area (TPSA) is 98.0 Å². The number of hydrogen-bond donors (Lipinski definition) is 3. The first kappa shape index (κ1) is 18.0. The van der Waals surface area contributed by atoms with Gasteiger partial charge in [-0.2, -0.15) is 5.26 Å². The van der Waals surface area contributed by atoms with Crippen molar-refractivity contribution in [2.75, 3.05) is 5.32 Å². The number of rotatable bonds is 5. The van der Waals surface area contributed by atoms with E-state index in [1.807, 2.05) is 67.6 Å². The van der Waals surface area contributed by atoms with Crippen LogP contribution in [0.15, 0.2) is 60.7 Å². The van der Waals surface area contributed by atoms with Crippen molar-refractivity contribution in [1.29, 1.82) is 5.26 Å². The molecule has 0 saturated carbocycles. The van der Waals surface area contributed by atoms with Crippen molar-refractivity contribution in [3.63, 3.8) is 0 Å². The van der Waals surface area contributed by atoms with Gasteiger partial charge in [-0.3, -0.25) is 0 Å². The molecule has 3 rings (SSSR count). The van der Waals surface area contributed by atoms with Crippen LogP contribution >= 0.6 is 0 Å². The molecule has 0 saturated heterocycles. The molecule has 6 heteroatoms. The molecule has 0 radical (unpaired) electrons. The molecule has 0 bridgehead atoms. The lowest BCUT2D eigenvalue weighted by Gasteiger charge is -2.13. The van der Waals surface area contributed by atoms with Gasteiger partial charge in [0, 0.05) is 23.5 Å². The number of pyridine rings is 1. The highest BCUT2D eigenvalue weighted by molar-refractivity contribution is 5.73. The van der Waals surface area contributed by atoms with Crippen LogP contribution in [0.4, 0.5) is 16.3 Å². The number of carboxylic acid groups (broad SMARTS) is 1. The maximum Gasteiger partial charge on any atom is 0.404 e. The summed E-state index contributed by atoms with van der Waals surface area (Å²) in [5, 5.41) is 23.8. The highest BCUT2D eigenvalue weighted by atomic mass is 16.4. The van der Waals surface area contributed by atoms with Gasteiger partial charge in [-0.25, -0.2) is 9.78 Å². The minimum atomic E-state index is -1.08. The van der Waals surface area contributed by atoms with E-state index in [4.69, 9.17) is 5.11 Å². The molecule has 1 heterocycles. The van der Waals surface area contributed by atoms with E-state index < -0.39 is 6.09 Å². The van der Waals surface area contributed by atoms with E-state index >= 15 is 0 Å². The highest BCUT2D eigenvalue weighted by Crippen LogP contribution is 2.28. The molecule has 0 aliphatic rings. The summed E-state index contributed by atoms with van der Waals surface area (Å²) in [7, 11) is 0. The monoisotopic (exact) mass is 358 g/mol. The van der Waals surface area contributed by atoms with Gasteiger partial charge in [0.05, 0.1) is 5.56 Å². The van der Waals surface area contributed by atoms with Gasteiger partial charge in [-0.05, 0) is 36.2 Å². The van der Waals surface area contributed by atoms with E-state index in [9.17, 15) is 10.1 Å². The van der Waals surface area contributed by atoms with Gasteiger partial charge < -0.3 is 15.7 Å². The molecule has 0 aliphatic heterocycles. The van der Waals surface area contributed by atoms with Gasteiger partial charge in [-0.1, -0.05) is 42.5 Å². The number of hydrogen-bond acceptors (Lipinski definition) is 4. The van der Waals surface area contributed by atoms with Crippen LogP contribution < -0.4 is 10.6 Å². The fraction of sp³-hybridized carbons (Fsp3) is 0.0952. The molecule has 0 spiro atoms. The first-order chi connectivity index (χ1) is 13.1. The zero-order chi connectivity index (χ0) is 19.2. The van der Waals surface area contributed by atoms with Gasteiger partial charge in [0.15, 0.2) is 0 Å². The van der Waals surface area contributed by atoms with E-state index in [-0.39, 0.29) is 6.54 Å². The quantitative estimate of drug-likeness (QED) is 0.626. The molecule has 6 nitrogen and oxygen atoms in total. The van der Waals surface area contributed by atoms with Crippen molar-refractivity contribution in [2.45, 2.75) is 13.5 Å². The molecule has 0 aliphatic carbocycles. The van der Waals surface area contributed by atoms with Crippen molar-refractivity contribution in [2.24, 2.45) is 0 Å². The molecule has 0 unspecified atom stereocenters. The lowest BCUT2D eigenvalue weighted by Crippen LogP contribution is -2.19. The summed E-state index contributed by atoms with van der Waals surface area (Å²) in [5.74, 6) is 0.470. The summed E-state index contributed by atoms with van der Waals surface area (Å²) in [6.07, 6.45) is -1.08. The number of amides is 1. The Hall–Kier alpha value is -3.85. The van der Waals surface area contributed by atoms with Crippen LogP contribution in [0, 0.1) is 18.3 Å². The molecular formula is C21H18N4O2. The summed E-state index contributed by atoms with van der Waals surface area (Å²) in [6.45, 7) is 2.11. The third-order valence-corrected chi connectivity index (χ3v) is 4.05. The molecular weight excluding hydrogens is 340 g/mol. The van der Waals surface area contributed by atoms with Crippen molar-refractivity contribution in [3.05, 3.63) is 77.5 Å². The fourth-order valence-electron chi connectivity index (χ4n) is 2.77. The number of benzene rings is 2. The molecule has 1 aromatic heterocycles. The van der Waals surface area contributed by atoms with Crippen molar-refractivity contribution >= 4 is 17.6 Å². The number of anilines is 2. The van der Waals surface area contributed by atoms with Gasteiger partial charge in [0.2, 0.25) is 0 Å². The van der Waals surface area contributed by atoms with Gasteiger partial charge >= 0.3 is 6.09 Å². The normalized spacial score (nSPS) is 10.1. The minimum Gasteiger partial charge on any atom is -0.465 e. The van der Waals surface area contributed by atoms with Crippen LogP contribution in [0.25, 0.3) is 11.1 Å². The fourth-order valence-corrected chi connectivity index (χ4v) is 2.77. The Labute approximate surface area is 157 Å². The summed E-state index contributed by atoms with van der Waals surface area (Å²) in [6, 6.07) is 21.1. The Morgan fingerprint density at radius 1 is 1.15 bits per heavy atom. The van der Waals surface area contributed by atoms with Gasteiger partial charge in [0.1, 0.15) is 11.9 Å². The van der Waals surface area contributed by atoms with Crippen LogP contribution in [0.2, 0.25) is 0 Å². The van der Waals surface area contributed by atoms with Crippen molar-refractivity contribution in [3.8, 4) is 17.2 Å². The SMILES string of the molecule is Cc1nc(Nc2cccc(CNC(=O)O)c2)c(C#N)cc1-c1ccccc1. The second-order valence-corrected chi connectivity index (χ2v) is 5.98. The Balaban J connectivity index is 1.90. The maximum absolute atomic E-state index is 10.6. The molecule has 0 atom stereocenters. The first-order valence-corrected chi connectivity index (χ1v) is 8.37. The largest absolute Gasteiger partial charge is 0.465 e.